The van der Waals surface area contributed by atoms with Crippen LogP contribution in [-0.4, -0.2) is 56.7 Å². The van der Waals surface area contributed by atoms with E-state index in [0.717, 1.165) is 75.8 Å². The molecule has 9 heteroatoms. The SMILES string of the molecule is CC(=O)Oc1ccc([C@@H](O)CNCCCCCCOCCCCc2ccc3c(c2)S(=O)(=O)CC3)cc1CO. The van der Waals surface area contributed by atoms with Gasteiger partial charge in [0.1, 0.15) is 5.75 Å². The zero-order valence-electron chi connectivity index (χ0n) is 22.3. The molecular weight excluding hydrogens is 506 g/mol. The Morgan fingerprint density at radius 2 is 1.79 bits per heavy atom. The molecule has 3 N–H and O–H groups in total. The summed E-state index contributed by atoms with van der Waals surface area (Å²) < 4.78 is 34.9. The van der Waals surface area contributed by atoms with E-state index in [2.05, 4.69) is 5.32 Å². The molecule has 2 aromatic carbocycles. The largest absolute Gasteiger partial charge is 0.426 e. The molecule has 3 rings (SSSR count). The molecule has 0 saturated carbocycles. The van der Waals surface area contributed by atoms with E-state index < -0.39 is 21.9 Å². The number of unbranched alkanes of at least 4 members (excludes halogenated alkanes) is 4. The zero-order chi connectivity index (χ0) is 27.4. The Balaban J connectivity index is 1.17. The number of rotatable bonds is 17. The van der Waals surface area contributed by atoms with Crippen LogP contribution in [0, 0.1) is 0 Å². The molecule has 38 heavy (non-hydrogen) atoms. The third-order valence-electron chi connectivity index (χ3n) is 6.73. The van der Waals surface area contributed by atoms with Gasteiger partial charge in [-0.3, -0.25) is 4.79 Å². The zero-order valence-corrected chi connectivity index (χ0v) is 23.1. The number of fused-ring (bicyclic) bond motifs is 1. The fourth-order valence-corrected chi connectivity index (χ4v) is 6.20. The van der Waals surface area contributed by atoms with Crippen LogP contribution in [0.2, 0.25) is 0 Å². The number of carbonyl (C=O) groups excluding carboxylic acids is 1. The third-order valence-corrected chi connectivity index (χ3v) is 8.53. The Morgan fingerprint density at radius 1 is 1.03 bits per heavy atom. The van der Waals surface area contributed by atoms with E-state index >= 15 is 0 Å². The van der Waals surface area contributed by atoms with Gasteiger partial charge >= 0.3 is 5.97 Å². The summed E-state index contributed by atoms with van der Waals surface area (Å²) in [6.07, 6.45) is 6.93. The van der Waals surface area contributed by atoms with Crippen molar-refractivity contribution in [2.75, 3.05) is 32.1 Å². The molecule has 1 aliphatic rings. The predicted molar refractivity (Wildman–Crippen MR) is 146 cm³/mol. The summed E-state index contributed by atoms with van der Waals surface area (Å²) in [5.74, 6) is 0.0922. The van der Waals surface area contributed by atoms with E-state index in [1.807, 2.05) is 18.2 Å². The van der Waals surface area contributed by atoms with E-state index in [4.69, 9.17) is 9.47 Å². The summed E-state index contributed by atoms with van der Waals surface area (Å²) in [5.41, 5.74) is 3.17. The first-order valence-corrected chi connectivity index (χ1v) is 15.2. The number of hydrogen-bond acceptors (Lipinski definition) is 8. The van der Waals surface area contributed by atoms with Gasteiger partial charge in [0, 0.05) is 32.2 Å². The maximum absolute atomic E-state index is 12.1. The number of aliphatic hydroxyl groups excluding tert-OH is 2. The monoisotopic (exact) mass is 547 g/mol. The first-order valence-electron chi connectivity index (χ1n) is 13.5. The quantitative estimate of drug-likeness (QED) is 0.156. The Kier molecular flexibility index (Phi) is 12.2. The van der Waals surface area contributed by atoms with E-state index in [9.17, 15) is 23.4 Å². The van der Waals surface area contributed by atoms with Crippen LogP contribution in [0.4, 0.5) is 0 Å². The standard InChI is InChI=1S/C29H41NO7S/c1-22(32)37-28-12-11-25(19-26(28)21-31)27(33)20-30-14-5-2-3-6-15-36-16-7-4-8-23-9-10-24-13-17-38(34,35)29(24)18-23/h9-12,18-19,27,30-31,33H,2-8,13-17,20-21H2,1H3/t27-/m0/s1. The van der Waals surface area contributed by atoms with Crippen LogP contribution in [0.1, 0.15) is 73.8 Å². The minimum atomic E-state index is -3.07. The molecule has 0 aliphatic carbocycles. The highest BCUT2D eigenvalue weighted by atomic mass is 32.2. The van der Waals surface area contributed by atoms with Gasteiger partial charge < -0.3 is 25.0 Å². The van der Waals surface area contributed by atoms with Gasteiger partial charge in [-0.1, -0.05) is 31.0 Å². The van der Waals surface area contributed by atoms with Crippen LogP contribution >= 0.6 is 0 Å². The van der Waals surface area contributed by atoms with Gasteiger partial charge in [-0.2, -0.15) is 0 Å². The van der Waals surface area contributed by atoms with E-state index in [-0.39, 0.29) is 12.4 Å². The molecule has 0 fully saturated rings. The number of esters is 1. The number of aryl methyl sites for hydroxylation is 2. The fourth-order valence-electron chi connectivity index (χ4n) is 4.59. The van der Waals surface area contributed by atoms with Crippen LogP contribution in [0.25, 0.3) is 0 Å². The molecule has 0 amide bonds. The lowest BCUT2D eigenvalue weighted by molar-refractivity contribution is -0.131. The topological polar surface area (TPSA) is 122 Å². The molecule has 0 radical (unpaired) electrons. The highest BCUT2D eigenvalue weighted by Crippen LogP contribution is 2.27. The molecule has 1 aliphatic heterocycles. The minimum Gasteiger partial charge on any atom is -0.426 e. The molecular formula is C29H41NO7S. The average molecular weight is 548 g/mol. The number of ether oxygens (including phenoxy) is 2. The van der Waals surface area contributed by atoms with Gasteiger partial charge in [-0.25, -0.2) is 8.42 Å². The van der Waals surface area contributed by atoms with E-state index in [1.165, 1.54) is 6.92 Å². The molecule has 0 spiro atoms. The van der Waals surface area contributed by atoms with Crippen LogP contribution in [0.15, 0.2) is 41.3 Å². The first-order chi connectivity index (χ1) is 18.3. The van der Waals surface area contributed by atoms with Gasteiger partial charge in [-0.05, 0) is 80.0 Å². The molecule has 2 aromatic rings. The number of benzene rings is 2. The first kappa shape index (κ1) is 30.2. The van der Waals surface area contributed by atoms with Gasteiger partial charge in [0.15, 0.2) is 9.84 Å². The van der Waals surface area contributed by atoms with Crippen molar-refractivity contribution >= 4 is 15.8 Å². The number of hydrogen-bond donors (Lipinski definition) is 3. The lowest BCUT2D eigenvalue weighted by atomic mass is 10.1. The smallest absolute Gasteiger partial charge is 0.308 e. The molecule has 0 aromatic heterocycles. The average Bonchev–Trinajstić information content (AvgIpc) is 3.20. The Morgan fingerprint density at radius 3 is 2.55 bits per heavy atom. The maximum atomic E-state index is 12.1. The lowest BCUT2D eigenvalue weighted by Crippen LogP contribution is -2.22. The third kappa shape index (κ3) is 9.47. The molecule has 210 valence electrons. The Hall–Kier alpha value is -2.30. The van der Waals surface area contributed by atoms with Crippen molar-refractivity contribution < 1.29 is 32.9 Å². The van der Waals surface area contributed by atoms with Crippen molar-refractivity contribution in [3.63, 3.8) is 0 Å². The Bertz CT molecular complexity index is 1150. The predicted octanol–water partition coefficient (Wildman–Crippen LogP) is 3.66. The maximum Gasteiger partial charge on any atom is 0.308 e. The molecule has 8 nitrogen and oxygen atoms in total. The molecule has 0 saturated heterocycles. The highest BCUT2D eigenvalue weighted by molar-refractivity contribution is 7.91. The van der Waals surface area contributed by atoms with Crippen molar-refractivity contribution in [2.24, 2.45) is 0 Å². The van der Waals surface area contributed by atoms with Crippen molar-refractivity contribution in [1.29, 1.82) is 0 Å². The van der Waals surface area contributed by atoms with Crippen LogP contribution in [0.5, 0.6) is 5.75 Å². The summed E-state index contributed by atoms with van der Waals surface area (Å²) in [5, 5.41) is 23.2. The number of nitrogens with one attached hydrogen (secondary N) is 1. The molecule has 0 unspecified atom stereocenters. The highest BCUT2D eigenvalue weighted by Gasteiger charge is 2.25. The normalized spacial score (nSPS) is 14.8. The Labute approximate surface area is 226 Å². The molecule has 1 atom stereocenters. The van der Waals surface area contributed by atoms with Crippen LogP contribution < -0.4 is 10.1 Å². The van der Waals surface area contributed by atoms with Gasteiger partial charge in [-0.15, -0.1) is 0 Å². The minimum absolute atomic E-state index is 0.238. The van der Waals surface area contributed by atoms with Crippen molar-refractivity contribution in [2.45, 2.75) is 75.9 Å². The second kappa shape index (κ2) is 15.3. The second-order valence-electron chi connectivity index (χ2n) is 9.83. The van der Waals surface area contributed by atoms with Crippen LogP contribution in [-0.2, 0) is 38.8 Å². The lowest BCUT2D eigenvalue weighted by Gasteiger charge is -2.15. The summed E-state index contributed by atoms with van der Waals surface area (Å²) in [6.45, 7) is 3.72. The summed E-state index contributed by atoms with van der Waals surface area (Å²) in [6, 6.07) is 10.8. The van der Waals surface area contributed by atoms with Gasteiger partial charge in [0.2, 0.25) is 0 Å². The summed E-state index contributed by atoms with van der Waals surface area (Å²) in [4.78, 5) is 11.7. The second-order valence-corrected chi connectivity index (χ2v) is 11.9. The number of aliphatic hydroxyl groups is 2. The van der Waals surface area contributed by atoms with E-state index in [1.54, 1.807) is 18.2 Å². The van der Waals surface area contributed by atoms with Crippen molar-refractivity contribution in [3.8, 4) is 5.75 Å². The van der Waals surface area contributed by atoms with Gasteiger partial charge in [0.25, 0.3) is 0 Å². The summed E-state index contributed by atoms with van der Waals surface area (Å²) >= 11 is 0. The molecule has 1 heterocycles. The van der Waals surface area contributed by atoms with E-state index in [0.29, 0.717) is 34.7 Å². The van der Waals surface area contributed by atoms with Crippen molar-refractivity contribution in [3.05, 3.63) is 58.7 Å². The van der Waals surface area contributed by atoms with Crippen LogP contribution in [0.3, 0.4) is 0 Å². The van der Waals surface area contributed by atoms with Crippen molar-refractivity contribution in [1.82, 2.24) is 5.32 Å². The summed E-state index contributed by atoms with van der Waals surface area (Å²) in [7, 11) is -3.07. The fraction of sp³-hybridized carbons (Fsp3) is 0.552. The molecule has 0 bridgehead atoms. The number of sulfone groups is 1. The van der Waals surface area contributed by atoms with Gasteiger partial charge in [0.05, 0.1) is 23.4 Å². The number of carbonyl (C=O) groups is 1.